The Kier molecular flexibility index (Phi) is 8.35. The van der Waals surface area contributed by atoms with E-state index in [1.807, 2.05) is 72.1 Å². The van der Waals surface area contributed by atoms with E-state index < -0.39 is 6.04 Å². The molecule has 0 aliphatic heterocycles. The van der Waals surface area contributed by atoms with Gasteiger partial charge in [0.15, 0.2) is 6.04 Å². The molecule has 0 fully saturated rings. The topological polar surface area (TPSA) is 71.8 Å². The average Bonchev–Trinajstić information content (AvgIpc) is 3.61. The van der Waals surface area contributed by atoms with Crippen LogP contribution in [0.2, 0.25) is 0 Å². The first kappa shape index (κ1) is 24.3. The van der Waals surface area contributed by atoms with Crippen LogP contribution in [0.25, 0.3) is 0 Å². The van der Waals surface area contributed by atoms with Gasteiger partial charge in [-0.05, 0) is 53.3 Å². The number of rotatable bonds is 11. The van der Waals surface area contributed by atoms with Gasteiger partial charge in [-0.2, -0.15) is 0 Å². The monoisotopic (exact) mass is 488 g/mol. The highest BCUT2D eigenvalue weighted by Crippen LogP contribution is 2.25. The SMILES string of the molecule is COc1ccc(CNC(=O)[C@H](c2ccco2)N(CCc2ccccc2)C(=O)Cc2cccs2)cc1. The maximum absolute atomic E-state index is 13.5. The molecule has 4 aromatic rings. The molecule has 0 spiro atoms. The Morgan fingerprint density at radius 2 is 1.77 bits per heavy atom. The van der Waals surface area contributed by atoms with Gasteiger partial charge in [-0.25, -0.2) is 0 Å². The quantitative estimate of drug-likeness (QED) is 0.322. The van der Waals surface area contributed by atoms with Gasteiger partial charge in [0.25, 0.3) is 5.91 Å². The van der Waals surface area contributed by atoms with Crippen LogP contribution in [0.5, 0.6) is 5.75 Å². The molecule has 0 aliphatic carbocycles. The van der Waals surface area contributed by atoms with Gasteiger partial charge in [-0.1, -0.05) is 48.5 Å². The summed E-state index contributed by atoms with van der Waals surface area (Å²) >= 11 is 1.53. The maximum Gasteiger partial charge on any atom is 0.251 e. The van der Waals surface area contributed by atoms with Crippen molar-refractivity contribution in [2.45, 2.75) is 25.4 Å². The summed E-state index contributed by atoms with van der Waals surface area (Å²) in [5.74, 6) is 0.775. The number of nitrogens with one attached hydrogen (secondary N) is 1. The van der Waals surface area contributed by atoms with Gasteiger partial charge >= 0.3 is 0 Å². The van der Waals surface area contributed by atoms with Gasteiger partial charge in [0.1, 0.15) is 11.5 Å². The standard InChI is InChI=1S/C28H28N2O4S/c1-33-23-13-11-22(12-14-23)20-29-28(32)27(25-10-5-17-34-25)30(16-15-21-7-3-2-4-8-21)26(31)19-24-9-6-18-35-24/h2-14,17-18,27H,15-16,19-20H2,1H3,(H,29,32)/t27-/m0/s1. The van der Waals surface area contributed by atoms with Crippen LogP contribution in [0.3, 0.4) is 0 Å². The van der Waals surface area contributed by atoms with E-state index in [1.54, 1.807) is 24.1 Å². The molecule has 180 valence electrons. The van der Waals surface area contributed by atoms with E-state index in [4.69, 9.17) is 9.15 Å². The second-order valence-corrected chi connectivity index (χ2v) is 9.09. The molecule has 4 rings (SSSR count). The second kappa shape index (κ2) is 12.0. The van der Waals surface area contributed by atoms with Crippen LogP contribution >= 0.6 is 11.3 Å². The molecule has 35 heavy (non-hydrogen) atoms. The molecule has 0 bridgehead atoms. The van der Waals surface area contributed by atoms with Crippen molar-refractivity contribution in [3.63, 3.8) is 0 Å². The number of ether oxygens (including phenoxy) is 1. The zero-order valence-corrected chi connectivity index (χ0v) is 20.4. The molecular weight excluding hydrogens is 460 g/mol. The smallest absolute Gasteiger partial charge is 0.251 e. The molecule has 0 radical (unpaired) electrons. The first-order valence-corrected chi connectivity index (χ1v) is 12.3. The Morgan fingerprint density at radius 3 is 2.43 bits per heavy atom. The van der Waals surface area contributed by atoms with Gasteiger partial charge < -0.3 is 19.4 Å². The van der Waals surface area contributed by atoms with Crippen LogP contribution in [0.1, 0.15) is 27.8 Å². The van der Waals surface area contributed by atoms with Gasteiger partial charge in [0, 0.05) is 18.0 Å². The summed E-state index contributed by atoms with van der Waals surface area (Å²) in [6.45, 7) is 0.710. The molecule has 2 aromatic carbocycles. The van der Waals surface area contributed by atoms with E-state index in [9.17, 15) is 9.59 Å². The summed E-state index contributed by atoms with van der Waals surface area (Å²) in [7, 11) is 1.61. The first-order valence-electron chi connectivity index (χ1n) is 11.4. The molecule has 0 unspecified atom stereocenters. The summed E-state index contributed by atoms with van der Waals surface area (Å²) in [6, 6.07) is 23.9. The van der Waals surface area contributed by atoms with Crippen molar-refractivity contribution in [3.8, 4) is 5.75 Å². The van der Waals surface area contributed by atoms with Crippen molar-refractivity contribution in [3.05, 3.63) is 112 Å². The van der Waals surface area contributed by atoms with E-state index >= 15 is 0 Å². The summed E-state index contributed by atoms with van der Waals surface area (Å²) in [5, 5.41) is 4.93. The highest BCUT2D eigenvalue weighted by Gasteiger charge is 2.33. The zero-order valence-electron chi connectivity index (χ0n) is 19.6. The number of benzene rings is 2. The lowest BCUT2D eigenvalue weighted by molar-refractivity contribution is -0.141. The lowest BCUT2D eigenvalue weighted by Gasteiger charge is -2.30. The Morgan fingerprint density at radius 1 is 0.971 bits per heavy atom. The molecule has 6 nitrogen and oxygen atoms in total. The summed E-state index contributed by atoms with van der Waals surface area (Å²) in [4.78, 5) is 29.6. The first-order chi connectivity index (χ1) is 17.1. The van der Waals surface area contributed by atoms with E-state index in [-0.39, 0.29) is 18.2 Å². The van der Waals surface area contributed by atoms with Gasteiger partial charge in [0.05, 0.1) is 19.8 Å². The van der Waals surface area contributed by atoms with Crippen molar-refractivity contribution < 1.29 is 18.7 Å². The number of furan rings is 1. The van der Waals surface area contributed by atoms with Crippen molar-refractivity contribution in [2.24, 2.45) is 0 Å². The predicted molar refractivity (Wildman–Crippen MR) is 136 cm³/mol. The van der Waals surface area contributed by atoms with Crippen LogP contribution in [0.15, 0.2) is 94.9 Å². The van der Waals surface area contributed by atoms with E-state index in [0.29, 0.717) is 25.3 Å². The third kappa shape index (κ3) is 6.61. The van der Waals surface area contributed by atoms with Crippen LogP contribution < -0.4 is 10.1 Å². The Bertz CT molecular complexity index is 1190. The van der Waals surface area contributed by atoms with Gasteiger partial charge in [-0.3, -0.25) is 9.59 Å². The summed E-state index contributed by atoms with van der Waals surface area (Å²) in [6.07, 6.45) is 2.38. The maximum atomic E-state index is 13.5. The van der Waals surface area contributed by atoms with Crippen LogP contribution in [-0.2, 0) is 29.0 Å². The molecule has 0 aliphatic rings. The Balaban J connectivity index is 1.56. The third-order valence-electron chi connectivity index (χ3n) is 5.71. The fourth-order valence-corrected chi connectivity index (χ4v) is 4.55. The molecule has 7 heteroatoms. The Labute approximate surface area is 209 Å². The molecule has 2 amide bonds. The number of nitrogens with zero attached hydrogens (tertiary/aromatic N) is 1. The molecular formula is C28H28N2O4S. The molecule has 0 saturated carbocycles. The van der Waals surface area contributed by atoms with Gasteiger partial charge in [0.2, 0.25) is 5.91 Å². The number of hydrogen-bond acceptors (Lipinski definition) is 5. The number of carbonyl (C=O) groups excluding carboxylic acids is 2. The van der Waals surface area contributed by atoms with E-state index in [0.717, 1.165) is 21.8 Å². The van der Waals surface area contributed by atoms with Crippen molar-refractivity contribution in [1.29, 1.82) is 0 Å². The minimum absolute atomic E-state index is 0.121. The lowest BCUT2D eigenvalue weighted by Crippen LogP contribution is -2.45. The highest BCUT2D eigenvalue weighted by atomic mass is 32.1. The van der Waals surface area contributed by atoms with Crippen molar-refractivity contribution in [2.75, 3.05) is 13.7 Å². The van der Waals surface area contributed by atoms with Crippen LogP contribution in [0, 0.1) is 0 Å². The van der Waals surface area contributed by atoms with Gasteiger partial charge in [-0.15, -0.1) is 11.3 Å². The normalized spacial score (nSPS) is 11.6. The summed E-state index contributed by atoms with van der Waals surface area (Å²) < 4.78 is 10.9. The molecule has 2 aromatic heterocycles. The van der Waals surface area contributed by atoms with Crippen LogP contribution in [-0.4, -0.2) is 30.4 Å². The fraction of sp³-hybridized carbons (Fsp3) is 0.214. The number of methoxy groups -OCH3 is 1. The van der Waals surface area contributed by atoms with E-state index in [1.165, 1.54) is 17.6 Å². The van der Waals surface area contributed by atoms with E-state index in [2.05, 4.69) is 5.32 Å². The number of thiophene rings is 1. The minimum atomic E-state index is -0.876. The summed E-state index contributed by atoms with van der Waals surface area (Å²) in [5.41, 5.74) is 2.02. The molecule has 2 heterocycles. The molecule has 0 saturated heterocycles. The number of carbonyl (C=O) groups is 2. The minimum Gasteiger partial charge on any atom is -0.497 e. The second-order valence-electron chi connectivity index (χ2n) is 8.06. The van der Waals surface area contributed by atoms with Crippen molar-refractivity contribution >= 4 is 23.2 Å². The fourth-order valence-electron chi connectivity index (χ4n) is 3.86. The van der Waals surface area contributed by atoms with Crippen LogP contribution in [0.4, 0.5) is 0 Å². The largest absolute Gasteiger partial charge is 0.497 e. The van der Waals surface area contributed by atoms with Crippen molar-refractivity contribution in [1.82, 2.24) is 10.2 Å². The zero-order chi connectivity index (χ0) is 24.5. The lowest BCUT2D eigenvalue weighted by atomic mass is 10.1. The Hall–Kier alpha value is -3.84. The number of amides is 2. The highest BCUT2D eigenvalue weighted by molar-refractivity contribution is 7.10. The number of hydrogen-bond donors (Lipinski definition) is 1. The molecule has 1 atom stereocenters. The predicted octanol–water partition coefficient (Wildman–Crippen LogP) is 5.02. The molecule has 1 N–H and O–H groups in total. The third-order valence-corrected chi connectivity index (χ3v) is 6.58. The average molecular weight is 489 g/mol.